The highest BCUT2D eigenvalue weighted by molar-refractivity contribution is 7.19. The summed E-state index contributed by atoms with van der Waals surface area (Å²) in [6.07, 6.45) is 0.519. The number of aliphatic hydroxyl groups excluding tert-OH is 1. The lowest BCUT2D eigenvalue weighted by atomic mass is 10.0. The molecule has 0 aliphatic carbocycles. The van der Waals surface area contributed by atoms with E-state index in [1.165, 1.54) is 11.3 Å². The van der Waals surface area contributed by atoms with E-state index in [0.29, 0.717) is 56.3 Å². The van der Waals surface area contributed by atoms with Gasteiger partial charge in [-0.2, -0.15) is 5.26 Å². The van der Waals surface area contributed by atoms with Crippen molar-refractivity contribution in [2.24, 2.45) is 10.7 Å². The second-order valence-corrected chi connectivity index (χ2v) is 7.83. The maximum atomic E-state index is 9.94. The molecular weight excluding hydrogens is 421 g/mol. The molecule has 7 nitrogen and oxygen atoms in total. The number of rotatable bonds is 5. The molecule has 0 amide bonds. The molecule has 1 aromatic heterocycles. The third-order valence-electron chi connectivity index (χ3n) is 4.27. The van der Waals surface area contributed by atoms with Crippen molar-refractivity contribution in [1.82, 2.24) is 0 Å². The molecule has 146 valence electrons. The number of hydrogen-bond acceptors (Lipinski definition) is 6. The first-order valence-electron chi connectivity index (χ1n) is 8.32. The summed E-state index contributed by atoms with van der Waals surface area (Å²) < 4.78 is 5.51. The van der Waals surface area contributed by atoms with Crippen molar-refractivity contribution >= 4 is 51.7 Å². The Balaban J connectivity index is 2.22. The molecule has 1 aliphatic rings. The smallest absolute Gasteiger partial charge is 0.143 e. The molecule has 1 aromatic carbocycles. The van der Waals surface area contributed by atoms with Gasteiger partial charge in [0.25, 0.3) is 0 Å². The zero-order valence-electron chi connectivity index (χ0n) is 14.7. The van der Waals surface area contributed by atoms with Gasteiger partial charge < -0.3 is 20.5 Å². The Kier molecular flexibility index (Phi) is 6.54. The zero-order valence-corrected chi connectivity index (χ0v) is 17.0. The number of thiophene rings is 1. The van der Waals surface area contributed by atoms with Gasteiger partial charge in [-0.05, 0) is 12.1 Å². The van der Waals surface area contributed by atoms with Crippen molar-refractivity contribution < 1.29 is 9.84 Å². The highest BCUT2D eigenvalue weighted by atomic mass is 35.5. The van der Waals surface area contributed by atoms with Gasteiger partial charge in [0.1, 0.15) is 23.2 Å². The van der Waals surface area contributed by atoms with Crippen LogP contribution >= 0.6 is 34.5 Å². The molecule has 4 N–H and O–H groups in total. The van der Waals surface area contributed by atoms with Crippen LogP contribution in [0.3, 0.4) is 0 Å². The van der Waals surface area contributed by atoms with Crippen LogP contribution in [-0.2, 0) is 4.74 Å². The van der Waals surface area contributed by atoms with E-state index in [4.69, 9.17) is 39.1 Å². The predicted molar refractivity (Wildman–Crippen MR) is 113 cm³/mol. The summed E-state index contributed by atoms with van der Waals surface area (Å²) >= 11 is 13.7. The van der Waals surface area contributed by atoms with E-state index in [0.717, 1.165) is 6.34 Å². The fourth-order valence-corrected chi connectivity index (χ4v) is 4.73. The minimum Gasteiger partial charge on any atom is -0.394 e. The number of amidine groups is 1. The van der Waals surface area contributed by atoms with Crippen LogP contribution in [0.15, 0.2) is 23.2 Å². The Morgan fingerprint density at radius 2 is 2.32 bits per heavy atom. The molecule has 1 atom stereocenters. The molecule has 0 bridgehead atoms. The summed E-state index contributed by atoms with van der Waals surface area (Å²) in [5, 5.41) is 28.2. The van der Waals surface area contributed by atoms with Gasteiger partial charge in [0, 0.05) is 34.3 Å². The van der Waals surface area contributed by atoms with Gasteiger partial charge in [0.15, 0.2) is 0 Å². The Morgan fingerprint density at radius 1 is 1.54 bits per heavy atom. The van der Waals surface area contributed by atoms with E-state index in [2.05, 4.69) is 11.1 Å². The third-order valence-corrected chi connectivity index (χ3v) is 6.09. The number of nitrogens with two attached hydrogens (primary N) is 1. The van der Waals surface area contributed by atoms with Gasteiger partial charge in [-0.3, -0.25) is 5.41 Å². The van der Waals surface area contributed by atoms with Gasteiger partial charge >= 0.3 is 0 Å². The van der Waals surface area contributed by atoms with Crippen LogP contribution in [0.5, 0.6) is 0 Å². The van der Waals surface area contributed by atoms with E-state index in [1.807, 2.05) is 4.90 Å². The lowest BCUT2D eigenvalue weighted by molar-refractivity contribution is 0.00373. The minimum atomic E-state index is -0.332. The monoisotopic (exact) mass is 437 g/mol. The highest BCUT2D eigenvalue weighted by Crippen LogP contribution is 2.44. The molecule has 10 heteroatoms. The van der Waals surface area contributed by atoms with Crippen LogP contribution in [0.1, 0.15) is 10.4 Å². The van der Waals surface area contributed by atoms with Crippen molar-refractivity contribution in [3.63, 3.8) is 0 Å². The molecule has 0 spiro atoms. The van der Waals surface area contributed by atoms with Crippen molar-refractivity contribution in [3.8, 4) is 17.2 Å². The summed E-state index contributed by atoms with van der Waals surface area (Å²) in [6.45, 7) is 1.34. The molecule has 1 fully saturated rings. The quantitative estimate of drug-likeness (QED) is 0.490. The highest BCUT2D eigenvalue weighted by Gasteiger charge is 2.29. The first-order chi connectivity index (χ1) is 13.5. The van der Waals surface area contributed by atoms with E-state index >= 15 is 0 Å². The fraction of sp³-hybridized carbons (Fsp3) is 0.278. The number of ether oxygens (including phenoxy) is 1. The molecule has 28 heavy (non-hydrogen) atoms. The third kappa shape index (κ3) is 3.99. The predicted octanol–water partition coefficient (Wildman–Crippen LogP) is 3.10. The van der Waals surface area contributed by atoms with E-state index in [1.54, 1.807) is 18.2 Å². The second-order valence-electron chi connectivity index (χ2n) is 5.99. The van der Waals surface area contributed by atoms with Crippen LogP contribution < -0.4 is 10.6 Å². The number of nitrogens with one attached hydrogen (secondary N) is 1. The Hall–Kier alpha value is -2.15. The normalized spacial score (nSPS) is 17.4. The number of aliphatic imine (C=N–C) groups is 1. The van der Waals surface area contributed by atoms with Gasteiger partial charge in [0.05, 0.1) is 29.8 Å². The minimum absolute atomic E-state index is 0.107. The van der Waals surface area contributed by atoms with Crippen LogP contribution in [0.25, 0.3) is 11.1 Å². The molecule has 0 radical (unpaired) electrons. The van der Waals surface area contributed by atoms with E-state index < -0.39 is 0 Å². The van der Waals surface area contributed by atoms with Gasteiger partial charge in [-0.15, -0.1) is 11.3 Å². The number of benzene rings is 1. The Labute approximate surface area is 176 Å². The second kappa shape index (κ2) is 8.90. The molecule has 0 unspecified atom stereocenters. The average Bonchev–Trinajstić information content (AvgIpc) is 3.07. The SMILES string of the molecule is N#Cc1c(N2CCO[C@@H](CO)C2)sc(C(N)=NC=N)c1-c1ccc(Cl)cc1Cl. The van der Waals surface area contributed by atoms with E-state index in [-0.39, 0.29) is 18.5 Å². The van der Waals surface area contributed by atoms with Gasteiger partial charge in [-0.25, -0.2) is 4.99 Å². The van der Waals surface area contributed by atoms with Crippen molar-refractivity contribution in [1.29, 1.82) is 10.7 Å². The van der Waals surface area contributed by atoms with Crippen LogP contribution in [0.4, 0.5) is 5.00 Å². The summed E-state index contributed by atoms with van der Waals surface area (Å²) in [5.41, 5.74) is 7.66. The fourth-order valence-electron chi connectivity index (χ4n) is 3.02. The zero-order chi connectivity index (χ0) is 20.3. The van der Waals surface area contributed by atoms with Crippen LogP contribution in [0, 0.1) is 16.7 Å². The van der Waals surface area contributed by atoms with Gasteiger partial charge in [0.2, 0.25) is 0 Å². The maximum Gasteiger partial charge on any atom is 0.143 e. The summed E-state index contributed by atoms with van der Waals surface area (Å²) in [4.78, 5) is 6.41. The number of nitrogens with zero attached hydrogens (tertiary/aromatic N) is 3. The standard InChI is InChI=1S/C18H17Cl2N5O2S/c19-10-1-2-12(14(20)5-10)15-13(6-21)18(28-16(15)17(23)24-9-22)25-3-4-27-11(7-25)8-26/h1-2,5,9,11,26H,3-4,7-8H2,(H3,22,23,24)/t11-/m1/s1. The molecule has 1 saturated heterocycles. The van der Waals surface area contributed by atoms with Crippen molar-refractivity contribution in [2.75, 3.05) is 31.2 Å². The summed E-state index contributed by atoms with van der Waals surface area (Å²) in [5.74, 6) is 0.121. The molecule has 0 saturated carbocycles. The number of nitriles is 1. The summed E-state index contributed by atoms with van der Waals surface area (Å²) in [6, 6.07) is 7.27. The molecule has 3 rings (SSSR count). The van der Waals surface area contributed by atoms with E-state index in [9.17, 15) is 10.4 Å². The Morgan fingerprint density at radius 3 is 2.96 bits per heavy atom. The lowest BCUT2D eigenvalue weighted by Crippen LogP contribution is -2.44. The molecular formula is C18H17Cl2N5O2S. The first kappa shape index (κ1) is 20.6. The number of aliphatic hydroxyl groups is 1. The molecule has 2 heterocycles. The van der Waals surface area contributed by atoms with Crippen molar-refractivity contribution in [3.05, 3.63) is 38.7 Å². The lowest BCUT2D eigenvalue weighted by Gasteiger charge is -2.32. The van der Waals surface area contributed by atoms with Gasteiger partial charge in [-0.1, -0.05) is 29.3 Å². The maximum absolute atomic E-state index is 9.94. The molecule has 2 aromatic rings. The number of halogens is 2. The van der Waals surface area contributed by atoms with Crippen LogP contribution in [-0.4, -0.2) is 49.7 Å². The average molecular weight is 438 g/mol. The number of anilines is 1. The number of morpholine rings is 1. The Bertz CT molecular complexity index is 970. The van der Waals surface area contributed by atoms with Crippen molar-refractivity contribution in [2.45, 2.75) is 6.10 Å². The topological polar surface area (TPSA) is 119 Å². The molecule has 1 aliphatic heterocycles. The van der Waals surface area contributed by atoms with Crippen LogP contribution in [0.2, 0.25) is 10.0 Å². The summed E-state index contributed by atoms with van der Waals surface area (Å²) in [7, 11) is 0. The number of hydrogen-bond donors (Lipinski definition) is 3. The first-order valence-corrected chi connectivity index (χ1v) is 9.89. The largest absolute Gasteiger partial charge is 0.394 e.